The molecule has 0 amide bonds. The highest BCUT2D eigenvalue weighted by Gasteiger charge is 2.26. The van der Waals surface area contributed by atoms with E-state index in [0.717, 1.165) is 0 Å². The molecule has 0 fully saturated rings. The molecule has 0 aliphatic heterocycles. The van der Waals surface area contributed by atoms with Crippen LogP contribution in [0.3, 0.4) is 0 Å². The maximum absolute atomic E-state index is 11.0. The summed E-state index contributed by atoms with van der Waals surface area (Å²) in [7, 11) is 0. The predicted octanol–water partition coefficient (Wildman–Crippen LogP) is 0.906. The van der Waals surface area contributed by atoms with Gasteiger partial charge in [-0.05, 0) is 6.92 Å². The van der Waals surface area contributed by atoms with Crippen LogP contribution in [0.4, 0.5) is 0 Å². The molecule has 0 saturated carbocycles. The van der Waals surface area contributed by atoms with E-state index in [2.05, 4.69) is 4.74 Å². The number of hydrogen-bond acceptors (Lipinski definition) is 3. The molecule has 0 rings (SSSR count). The first kappa shape index (κ1) is 10.9. The summed E-state index contributed by atoms with van der Waals surface area (Å²) < 4.78 is 4.67. The fourth-order valence-corrected chi connectivity index (χ4v) is 0.692. The molecule has 0 aromatic rings. The first-order valence-corrected chi connectivity index (χ1v) is 3.90. The zero-order chi connectivity index (χ0) is 9.72. The molecule has 4 heteroatoms. The molecule has 4 nitrogen and oxygen atoms in total. The van der Waals surface area contributed by atoms with E-state index in [4.69, 9.17) is 5.11 Å². The molecule has 12 heavy (non-hydrogen) atoms. The van der Waals surface area contributed by atoms with Crippen LogP contribution in [0.15, 0.2) is 0 Å². The molecule has 0 bridgehead atoms. The summed E-state index contributed by atoms with van der Waals surface area (Å²) in [6, 6.07) is 0. The monoisotopic (exact) mass is 174 g/mol. The lowest BCUT2D eigenvalue weighted by atomic mass is 9.96. The molecule has 0 aliphatic rings. The first-order chi connectivity index (χ1) is 5.50. The number of esters is 1. The minimum Gasteiger partial charge on any atom is -0.481 e. The summed E-state index contributed by atoms with van der Waals surface area (Å²) in [5.41, 5.74) is 0. The van der Waals surface area contributed by atoms with Gasteiger partial charge in [-0.3, -0.25) is 9.59 Å². The Hall–Kier alpha value is -1.06. The molecule has 0 aromatic carbocycles. The van der Waals surface area contributed by atoms with Gasteiger partial charge in [0.15, 0.2) is 0 Å². The Morgan fingerprint density at radius 1 is 1.33 bits per heavy atom. The maximum atomic E-state index is 11.0. The fourth-order valence-electron chi connectivity index (χ4n) is 0.692. The first-order valence-electron chi connectivity index (χ1n) is 3.90. The van der Waals surface area contributed by atoms with Crippen LogP contribution in [0.5, 0.6) is 0 Å². The largest absolute Gasteiger partial charge is 0.481 e. The van der Waals surface area contributed by atoms with Gasteiger partial charge in [0.2, 0.25) is 0 Å². The summed E-state index contributed by atoms with van der Waals surface area (Å²) in [6.45, 7) is 5.02. The molecule has 0 spiro atoms. The second kappa shape index (κ2) is 4.74. The lowest BCUT2D eigenvalue weighted by Gasteiger charge is -2.13. The van der Waals surface area contributed by atoms with Crippen LogP contribution in [-0.4, -0.2) is 23.7 Å². The third-order valence-electron chi connectivity index (χ3n) is 1.80. The number of aliphatic carboxylic acids is 1. The van der Waals surface area contributed by atoms with E-state index in [0.29, 0.717) is 0 Å². The Balaban J connectivity index is 4.09. The van der Waals surface area contributed by atoms with Gasteiger partial charge < -0.3 is 9.84 Å². The van der Waals surface area contributed by atoms with E-state index in [1.807, 2.05) is 0 Å². The van der Waals surface area contributed by atoms with Crippen LogP contribution in [0.1, 0.15) is 20.8 Å². The molecule has 2 unspecified atom stereocenters. The Morgan fingerprint density at radius 2 is 1.83 bits per heavy atom. The van der Waals surface area contributed by atoms with Crippen LogP contribution < -0.4 is 0 Å². The summed E-state index contributed by atoms with van der Waals surface area (Å²) in [6.07, 6.45) is 0. The van der Waals surface area contributed by atoms with E-state index in [1.165, 1.54) is 6.92 Å². The van der Waals surface area contributed by atoms with Gasteiger partial charge in [-0.2, -0.15) is 0 Å². The van der Waals surface area contributed by atoms with Gasteiger partial charge in [0.05, 0.1) is 18.4 Å². The second-order valence-corrected chi connectivity index (χ2v) is 2.67. The fraction of sp³-hybridized carbons (Fsp3) is 0.750. The average Bonchev–Trinajstić information content (AvgIpc) is 2.02. The zero-order valence-electron chi connectivity index (χ0n) is 7.53. The Morgan fingerprint density at radius 3 is 2.17 bits per heavy atom. The number of rotatable bonds is 4. The van der Waals surface area contributed by atoms with Gasteiger partial charge in [-0.25, -0.2) is 0 Å². The smallest absolute Gasteiger partial charge is 0.309 e. The van der Waals surface area contributed by atoms with Gasteiger partial charge in [0.1, 0.15) is 0 Å². The van der Waals surface area contributed by atoms with Crippen LogP contribution in [-0.2, 0) is 14.3 Å². The molecular weight excluding hydrogens is 160 g/mol. The molecular formula is C8H14O4. The molecule has 0 aromatic heterocycles. The number of hydrogen-bond donors (Lipinski definition) is 1. The van der Waals surface area contributed by atoms with Crippen molar-refractivity contribution in [2.45, 2.75) is 20.8 Å². The quantitative estimate of drug-likeness (QED) is 0.643. The predicted molar refractivity (Wildman–Crippen MR) is 42.6 cm³/mol. The van der Waals surface area contributed by atoms with Crippen LogP contribution >= 0.6 is 0 Å². The second-order valence-electron chi connectivity index (χ2n) is 2.67. The van der Waals surface area contributed by atoms with E-state index in [1.54, 1.807) is 13.8 Å². The van der Waals surface area contributed by atoms with Gasteiger partial charge in [0.25, 0.3) is 0 Å². The number of ether oxygens (including phenoxy) is 1. The highest BCUT2D eigenvalue weighted by atomic mass is 16.5. The van der Waals surface area contributed by atoms with Crippen molar-refractivity contribution in [3.63, 3.8) is 0 Å². The van der Waals surface area contributed by atoms with Crippen molar-refractivity contribution in [1.82, 2.24) is 0 Å². The summed E-state index contributed by atoms with van der Waals surface area (Å²) in [5, 5.41) is 8.56. The van der Waals surface area contributed by atoms with Crippen molar-refractivity contribution in [3.8, 4) is 0 Å². The van der Waals surface area contributed by atoms with E-state index in [9.17, 15) is 9.59 Å². The van der Waals surface area contributed by atoms with Crippen molar-refractivity contribution < 1.29 is 19.4 Å². The minimum atomic E-state index is -0.976. The summed E-state index contributed by atoms with van der Waals surface area (Å²) >= 11 is 0. The van der Waals surface area contributed by atoms with Gasteiger partial charge >= 0.3 is 11.9 Å². The third kappa shape index (κ3) is 2.90. The van der Waals surface area contributed by atoms with Crippen molar-refractivity contribution in [3.05, 3.63) is 0 Å². The normalized spacial score (nSPS) is 14.9. The van der Waals surface area contributed by atoms with Crippen LogP contribution in [0.25, 0.3) is 0 Å². The molecule has 0 radical (unpaired) electrons. The minimum absolute atomic E-state index is 0.287. The van der Waals surface area contributed by atoms with Gasteiger partial charge in [-0.1, -0.05) is 13.8 Å². The SMILES string of the molecule is CCOC(=O)C(C)C(C)C(=O)O. The molecule has 70 valence electrons. The van der Waals surface area contributed by atoms with Crippen molar-refractivity contribution in [2.75, 3.05) is 6.61 Å². The number of carboxylic acids is 1. The third-order valence-corrected chi connectivity index (χ3v) is 1.80. The average molecular weight is 174 g/mol. The summed E-state index contributed by atoms with van der Waals surface area (Å²) in [4.78, 5) is 21.4. The van der Waals surface area contributed by atoms with E-state index >= 15 is 0 Å². The highest BCUT2D eigenvalue weighted by Crippen LogP contribution is 2.12. The Kier molecular flexibility index (Phi) is 4.33. The maximum Gasteiger partial charge on any atom is 0.309 e. The molecule has 2 atom stereocenters. The van der Waals surface area contributed by atoms with Crippen LogP contribution in [0.2, 0.25) is 0 Å². The molecule has 1 N–H and O–H groups in total. The number of carboxylic acid groups (broad SMARTS) is 1. The molecule has 0 saturated heterocycles. The van der Waals surface area contributed by atoms with Gasteiger partial charge in [0, 0.05) is 0 Å². The Labute approximate surface area is 71.5 Å². The number of carbonyl (C=O) groups is 2. The summed E-state index contributed by atoms with van der Waals surface area (Å²) in [5.74, 6) is -2.70. The zero-order valence-corrected chi connectivity index (χ0v) is 7.53. The van der Waals surface area contributed by atoms with Crippen molar-refractivity contribution in [2.24, 2.45) is 11.8 Å². The van der Waals surface area contributed by atoms with E-state index < -0.39 is 23.8 Å². The van der Waals surface area contributed by atoms with E-state index in [-0.39, 0.29) is 6.61 Å². The topological polar surface area (TPSA) is 63.6 Å². The number of carbonyl (C=O) groups excluding carboxylic acids is 1. The lowest BCUT2D eigenvalue weighted by Crippen LogP contribution is -2.26. The standard InChI is InChI=1S/C8H14O4/c1-4-12-8(11)6(3)5(2)7(9)10/h5-6H,4H2,1-3H3,(H,9,10). The Bertz CT molecular complexity index is 176. The highest BCUT2D eigenvalue weighted by molar-refractivity contribution is 5.80. The van der Waals surface area contributed by atoms with Crippen molar-refractivity contribution >= 4 is 11.9 Å². The van der Waals surface area contributed by atoms with Gasteiger partial charge in [-0.15, -0.1) is 0 Å². The van der Waals surface area contributed by atoms with Crippen molar-refractivity contribution in [1.29, 1.82) is 0 Å². The molecule has 0 aliphatic carbocycles. The lowest BCUT2D eigenvalue weighted by molar-refractivity contribution is -0.156. The van der Waals surface area contributed by atoms with Crippen LogP contribution in [0, 0.1) is 11.8 Å². The molecule has 0 heterocycles.